The largest absolute Gasteiger partial charge is 0.394 e. The fraction of sp³-hybridized carbons (Fsp3) is 0.625. The topological polar surface area (TPSA) is 52.5 Å². The summed E-state index contributed by atoms with van der Waals surface area (Å²) in [7, 11) is 0. The summed E-state index contributed by atoms with van der Waals surface area (Å²) < 4.78 is 0. The normalized spacial score (nSPS) is 21.8. The third kappa shape index (κ3) is 3.56. The van der Waals surface area contributed by atoms with Gasteiger partial charge in [-0.25, -0.2) is 0 Å². The minimum absolute atomic E-state index is 0.151. The molecule has 3 nitrogen and oxygen atoms in total. The molecule has 0 radical (unpaired) electrons. The van der Waals surface area contributed by atoms with Crippen LogP contribution in [0.15, 0.2) is 30.3 Å². The lowest BCUT2D eigenvalue weighted by atomic mass is 9.81. The van der Waals surface area contributed by atoms with Crippen molar-refractivity contribution in [3.63, 3.8) is 0 Å². The van der Waals surface area contributed by atoms with E-state index in [1.54, 1.807) is 0 Å². The molecule has 1 aliphatic rings. The standard InChI is InChI=1S/C16H25NO2/c1-15(19,14-8-4-2-5-9-14)12-17-16(13-18)10-6-3-7-11-16/h2,4-5,8-9,17-19H,3,6-7,10-13H2,1H3. The predicted molar refractivity (Wildman–Crippen MR) is 76.9 cm³/mol. The first-order valence-electron chi connectivity index (χ1n) is 7.22. The summed E-state index contributed by atoms with van der Waals surface area (Å²) >= 11 is 0. The van der Waals surface area contributed by atoms with Gasteiger partial charge in [0.2, 0.25) is 0 Å². The van der Waals surface area contributed by atoms with Gasteiger partial charge in [-0.15, -0.1) is 0 Å². The van der Waals surface area contributed by atoms with Crippen LogP contribution < -0.4 is 5.32 Å². The van der Waals surface area contributed by atoms with Crippen LogP contribution in [0.1, 0.15) is 44.6 Å². The Bertz CT molecular complexity index is 383. The van der Waals surface area contributed by atoms with Crippen LogP contribution in [0.4, 0.5) is 0 Å². The van der Waals surface area contributed by atoms with Gasteiger partial charge in [0, 0.05) is 12.1 Å². The van der Waals surface area contributed by atoms with Crippen molar-refractivity contribution in [3.05, 3.63) is 35.9 Å². The Morgan fingerprint density at radius 2 is 1.79 bits per heavy atom. The third-order valence-electron chi connectivity index (χ3n) is 4.32. The van der Waals surface area contributed by atoms with Crippen molar-refractivity contribution in [3.8, 4) is 0 Å². The molecular formula is C16H25NO2. The molecule has 106 valence electrons. The van der Waals surface area contributed by atoms with E-state index in [1.807, 2.05) is 37.3 Å². The summed E-state index contributed by atoms with van der Waals surface area (Å²) in [5.41, 5.74) is -0.191. The molecule has 0 aliphatic heterocycles. The zero-order chi connectivity index (χ0) is 13.8. The number of β-amino-alcohol motifs (C(OH)–C–C–N with tert-alkyl or cyclic N) is 1. The first kappa shape index (κ1) is 14.5. The van der Waals surface area contributed by atoms with E-state index in [9.17, 15) is 10.2 Å². The van der Waals surface area contributed by atoms with Gasteiger partial charge in [0.1, 0.15) is 0 Å². The lowest BCUT2D eigenvalue weighted by Gasteiger charge is -2.39. The summed E-state index contributed by atoms with van der Waals surface area (Å²) in [6.45, 7) is 2.44. The molecule has 1 aromatic carbocycles. The third-order valence-corrected chi connectivity index (χ3v) is 4.32. The SMILES string of the molecule is CC(O)(CNC1(CO)CCCCC1)c1ccccc1. The molecule has 0 aromatic heterocycles. The lowest BCUT2D eigenvalue weighted by Crippen LogP contribution is -2.53. The second-order valence-corrected chi connectivity index (χ2v) is 5.99. The maximum absolute atomic E-state index is 10.6. The highest BCUT2D eigenvalue weighted by atomic mass is 16.3. The molecule has 1 saturated carbocycles. The number of aliphatic hydroxyl groups excluding tert-OH is 1. The van der Waals surface area contributed by atoms with E-state index < -0.39 is 5.60 Å². The molecule has 0 bridgehead atoms. The maximum Gasteiger partial charge on any atom is 0.0992 e. The molecule has 1 aliphatic carbocycles. The highest BCUT2D eigenvalue weighted by Crippen LogP contribution is 2.29. The molecule has 1 fully saturated rings. The van der Waals surface area contributed by atoms with Gasteiger partial charge in [-0.05, 0) is 25.3 Å². The molecule has 1 atom stereocenters. The van der Waals surface area contributed by atoms with Crippen molar-refractivity contribution in [2.45, 2.75) is 50.2 Å². The molecule has 0 saturated heterocycles. The molecule has 1 aromatic rings. The first-order chi connectivity index (χ1) is 9.08. The molecule has 1 unspecified atom stereocenters. The summed E-state index contributed by atoms with van der Waals surface area (Å²) in [4.78, 5) is 0. The molecule has 2 rings (SSSR count). The number of benzene rings is 1. The Hall–Kier alpha value is -0.900. The van der Waals surface area contributed by atoms with E-state index >= 15 is 0 Å². The monoisotopic (exact) mass is 263 g/mol. The van der Waals surface area contributed by atoms with Crippen LogP contribution in [0.2, 0.25) is 0 Å². The minimum Gasteiger partial charge on any atom is -0.394 e. The minimum atomic E-state index is -0.902. The molecule has 19 heavy (non-hydrogen) atoms. The van der Waals surface area contributed by atoms with E-state index in [2.05, 4.69) is 5.32 Å². The van der Waals surface area contributed by atoms with E-state index in [0.717, 1.165) is 31.2 Å². The highest BCUT2D eigenvalue weighted by molar-refractivity contribution is 5.22. The Kier molecular flexibility index (Phi) is 4.61. The summed E-state index contributed by atoms with van der Waals surface area (Å²) in [6, 6.07) is 9.70. The highest BCUT2D eigenvalue weighted by Gasteiger charge is 2.33. The lowest BCUT2D eigenvalue weighted by molar-refractivity contribution is 0.0311. The van der Waals surface area contributed by atoms with Crippen molar-refractivity contribution in [1.82, 2.24) is 5.32 Å². The van der Waals surface area contributed by atoms with Crippen LogP contribution >= 0.6 is 0 Å². The van der Waals surface area contributed by atoms with Crippen molar-refractivity contribution in [1.29, 1.82) is 0 Å². The van der Waals surface area contributed by atoms with Gasteiger partial charge in [-0.2, -0.15) is 0 Å². The van der Waals surface area contributed by atoms with E-state index in [1.165, 1.54) is 6.42 Å². The van der Waals surface area contributed by atoms with Gasteiger partial charge >= 0.3 is 0 Å². The van der Waals surface area contributed by atoms with Gasteiger partial charge in [-0.1, -0.05) is 49.6 Å². The van der Waals surface area contributed by atoms with E-state index in [-0.39, 0.29) is 12.1 Å². The maximum atomic E-state index is 10.6. The van der Waals surface area contributed by atoms with Crippen molar-refractivity contribution in [2.24, 2.45) is 0 Å². The Morgan fingerprint density at radius 3 is 2.37 bits per heavy atom. The van der Waals surface area contributed by atoms with Crippen molar-refractivity contribution < 1.29 is 10.2 Å². The summed E-state index contributed by atoms with van der Waals surface area (Å²) in [5.74, 6) is 0. The Balaban J connectivity index is 2.00. The van der Waals surface area contributed by atoms with E-state index in [4.69, 9.17) is 0 Å². The average molecular weight is 263 g/mol. The van der Waals surface area contributed by atoms with Crippen LogP contribution in [0.25, 0.3) is 0 Å². The average Bonchev–Trinajstić information content (AvgIpc) is 2.47. The van der Waals surface area contributed by atoms with Gasteiger partial charge in [0.15, 0.2) is 0 Å². The van der Waals surface area contributed by atoms with Crippen LogP contribution in [0.5, 0.6) is 0 Å². The number of nitrogens with one attached hydrogen (secondary N) is 1. The Labute approximate surface area is 115 Å². The second-order valence-electron chi connectivity index (χ2n) is 5.99. The summed E-state index contributed by atoms with van der Waals surface area (Å²) in [6.07, 6.45) is 5.54. The first-order valence-corrected chi connectivity index (χ1v) is 7.22. The van der Waals surface area contributed by atoms with Crippen molar-refractivity contribution >= 4 is 0 Å². The predicted octanol–water partition coefficient (Wildman–Crippen LogP) is 2.18. The number of aliphatic hydroxyl groups is 2. The van der Waals surface area contributed by atoms with Gasteiger partial charge < -0.3 is 15.5 Å². The van der Waals surface area contributed by atoms with Crippen LogP contribution in [0.3, 0.4) is 0 Å². The van der Waals surface area contributed by atoms with Gasteiger partial charge in [0.05, 0.1) is 12.2 Å². The van der Waals surface area contributed by atoms with Crippen LogP contribution in [-0.4, -0.2) is 28.9 Å². The fourth-order valence-corrected chi connectivity index (χ4v) is 2.88. The van der Waals surface area contributed by atoms with Crippen LogP contribution in [-0.2, 0) is 5.60 Å². The zero-order valence-electron chi connectivity index (χ0n) is 11.7. The number of hydrogen-bond donors (Lipinski definition) is 3. The summed E-state index contributed by atoms with van der Waals surface area (Å²) in [5, 5.41) is 23.7. The number of rotatable bonds is 5. The zero-order valence-corrected chi connectivity index (χ0v) is 11.7. The van der Waals surface area contributed by atoms with E-state index in [0.29, 0.717) is 6.54 Å². The molecule has 0 amide bonds. The Morgan fingerprint density at radius 1 is 1.16 bits per heavy atom. The molecule has 0 spiro atoms. The smallest absolute Gasteiger partial charge is 0.0992 e. The van der Waals surface area contributed by atoms with Gasteiger partial charge in [0.25, 0.3) is 0 Å². The number of hydrogen-bond acceptors (Lipinski definition) is 3. The quantitative estimate of drug-likeness (QED) is 0.763. The van der Waals surface area contributed by atoms with Crippen molar-refractivity contribution in [2.75, 3.05) is 13.2 Å². The fourth-order valence-electron chi connectivity index (χ4n) is 2.88. The second kappa shape index (κ2) is 6.04. The molecule has 3 N–H and O–H groups in total. The molecular weight excluding hydrogens is 238 g/mol. The molecule has 3 heteroatoms. The van der Waals surface area contributed by atoms with Gasteiger partial charge in [-0.3, -0.25) is 0 Å². The molecule has 0 heterocycles. The van der Waals surface area contributed by atoms with Crippen LogP contribution in [0, 0.1) is 0 Å².